The fraction of sp³-hybridized carbons (Fsp3) is 0.529. The fourth-order valence-corrected chi connectivity index (χ4v) is 2.95. The summed E-state index contributed by atoms with van der Waals surface area (Å²) in [7, 11) is 0. The summed E-state index contributed by atoms with van der Waals surface area (Å²) in [5, 5.41) is 3.43. The number of esters is 1. The van der Waals surface area contributed by atoms with Crippen LogP contribution in [0.1, 0.15) is 32.8 Å². The summed E-state index contributed by atoms with van der Waals surface area (Å²) in [5.74, 6) is -0.527. The molecule has 0 radical (unpaired) electrons. The summed E-state index contributed by atoms with van der Waals surface area (Å²) in [6.07, 6.45) is 0.0905. The highest BCUT2D eigenvalue weighted by molar-refractivity contribution is 6.31. The lowest BCUT2D eigenvalue weighted by atomic mass is 10.0. The zero-order valence-corrected chi connectivity index (χ0v) is 14.5. The molecular formula is C17H23ClN2O3. The lowest BCUT2D eigenvalue weighted by Gasteiger charge is -2.41. The molecule has 126 valence electrons. The summed E-state index contributed by atoms with van der Waals surface area (Å²) >= 11 is 6.07. The smallest absolute Gasteiger partial charge is 0.324 e. The van der Waals surface area contributed by atoms with Gasteiger partial charge in [-0.15, -0.1) is 0 Å². The van der Waals surface area contributed by atoms with Crippen LogP contribution in [0.25, 0.3) is 0 Å². The summed E-state index contributed by atoms with van der Waals surface area (Å²) in [6, 6.07) is 6.82. The first-order valence-corrected chi connectivity index (χ1v) is 8.17. The van der Waals surface area contributed by atoms with Gasteiger partial charge in [0.25, 0.3) is 0 Å². The zero-order valence-electron chi connectivity index (χ0n) is 13.8. The number of halogens is 1. The van der Waals surface area contributed by atoms with E-state index in [1.165, 1.54) is 0 Å². The molecule has 0 spiro atoms. The third-order valence-corrected chi connectivity index (χ3v) is 4.26. The van der Waals surface area contributed by atoms with Gasteiger partial charge in [0.05, 0.1) is 6.42 Å². The Bertz CT molecular complexity index is 589. The first-order chi connectivity index (χ1) is 10.8. The van der Waals surface area contributed by atoms with Crippen molar-refractivity contribution in [1.82, 2.24) is 10.2 Å². The number of cyclic esters (lactones) is 1. The molecule has 2 rings (SSSR count). The molecule has 1 heterocycles. The molecule has 1 unspecified atom stereocenters. The van der Waals surface area contributed by atoms with Crippen molar-refractivity contribution in [2.75, 3.05) is 13.1 Å². The minimum absolute atomic E-state index is 0.0905. The molecule has 0 bridgehead atoms. The second kappa shape index (κ2) is 7.32. The number of hydrogen-bond acceptors (Lipinski definition) is 4. The monoisotopic (exact) mass is 338 g/mol. The topological polar surface area (TPSA) is 58.6 Å². The van der Waals surface area contributed by atoms with Crippen molar-refractivity contribution in [3.63, 3.8) is 0 Å². The first-order valence-electron chi connectivity index (χ1n) is 7.79. The molecule has 1 aromatic rings. The van der Waals surface area contributed by atoms with Crippen molar-refractivity contribution >= 4 is 23.5 Å². The fourth-order valence-electron chi connectivity index (χ4n) is 2.75. The van der Waals surface area contributed by atoms with Gasteiger partial charge in [0.15, 0.2) is 0 Å². The number of nitrogens with one attached hydrogen (secondary N) is 1. The van der Waals surface area contributed by atoms with Crippen LogP contribution in [0.4, 0.5) is 0 Å². The molecule has 1 aromatic carbocycles. The maximum absolute atomic E-state index is 12.2. The quantitative estimate of drug-likeness (QED) is 0.837. The predicted octanol–water partition coefficient (Wildman–Crippen LogP) is 2.37. The molecule has 0 aromatic heterocycles. The molecule has 1 atom stereocenters. The van der Waals surface area contributed by atoms with Crippen molar-refractivity contribution < 1.29 is 14.3 Å². The lowest BCUT2D eigenvalue weighted by Crippen LogP contribution is -2.57. The molecule has 23 heavy (non-hydrogen) atoms. The Kier molecular flexibility index (Phi) is 5.65. The average molecular weight is 339 g/mol. The molecule has 1 aliphatic heterocycles. The molecule has 1 amide bonds. The molecule has 0 aliphatic carbocycles. The average Bonchev–Trinajstić information content (AvgIpc) is 2.48. The van der Waals surface area contributed by atoms with Gasteiger partial charge in [-0.25, -0.2) is 0 Å². The van der Waals surface area contributed by atoms with Crippen LogP contribution in [0.15, 0.2) is 24.3 Å². The van der Waals surface area contributed by atoms with E-state index in [0.717, 1.165) is 5.56 Å². The van der Waals surface area contributed by atoms with E-state index in [9.17, 15) is 9.59 Å². The molecule has 1 N–H and O–H groups in total. The van der Waals surface area contributed by atoms with Gasteiger partial charge in [-0.05, 0) is 32.0 Å². The standard InChI is InChI=1S/C17H23ClN2O3/c1-4-20-11-17(2,3)23-16(22)14(20)9-15(21)19-10-12-7-5-6-8-13(12)18/h5-8,14H,4,9-11H2,1-3H3,(H,19,21). The van der Waals surface area contributed by atoms with Gasteiger partial charge < -0.3 is 10.1 Å². The number of amides is 1. The van der Waals surface area contributed by atoms with Crippen LogP contribution in [0.3, 0.4) is 0 Å². The van der Waals surface area contributed by atoms with Gasteiger partial charge in [0.2, 0.25) is 5.91 Å². The van der Waals surface area contributed by atoms with E-state index < -0.39 is 11.6 Å². The van der Waals surface area contributed by atoms with Crippen LogP contribution in [-0.2, 0) is 20.9 Å². The first kappa shape index (κ1) is 17.8. The van der Waals surface area contributed by atoms with E-state index in [1.807, 2.05) is 43.9 Å². The van der Waals surface area contributed by atoms with Gasteiger partial charge in [-0.3, -0.25) is 14.5 Å². The highest BCUT2D eigenvalue weighted by atomic mass is 35.5. The number of benzene rings is 1. The zero-order chi connectivity index (χ0) is 17.0. The van der Waals surface area contributed by atoms with Gasteiger partial charge in [0, 0.05) is 18.1 Å². The van der Waals surface area contributed by atoms with E-state index in [2.05, 4.69) is 5.32 Å². The van der Waals surface area contributed by atoms with E-state index in [0.29, 0.717) is 24.7 Å². The summed E-state index contributed by atoms with van der Waals surface area (Å²) < 4.78 is 5.42. The number of carbonyl (C=O) groups excluding carboxylic acids is 2. The second-order valence-electron chi connectivity index (χ2n) is 6.33. The maximum Gasteiger partial charge on any atom is 0.324 e. The van der Waals surface area contributed by atoms with Gasteiger partial charge in [-0.2, -0.15) is 0 Å². The predicted molar refractivity (Wildman–Crippen MR) is 89.1 cm³/mol. The van der Waals surface area contributed by atoms with E-state index in [-0.39, 0.29) is 18.3 Å². The number of ether oxygens (including phenoxy) is 1. The third-order valence-electron chi connectivity index (χ3n) is 3.89. The van der Waals surface area contributed by atoms with Gasteiger partial charge in [0.1, 0.15) is 11.6 Å². The lowest BCUT2D eigenvalue weighted by molar-refractivity contribution is -0.178. The molecule has 1 aliphatic rings. The van der Waals surface area contributed by atoms with Crippen molar-refractivity contribution in [2.24, 2.45) is 0 Å². The van der Waals surface area contributed by atoms with Crippen molar-refractivity contribution in [2.45, 2.75) is 45.4 Å². The molecule has 6 heteroatoms. The highest BCUT2D eigenvalue weighted by Crippen LogP contribution is 2.23. The Morgan fingerprint density at radius 3 is 2.78 bits per heavy atom. The van der Waals surface area contributed by atoms with Gasteiger partial charge >= 0.3 is 5.97 Å². The van der Waals surface area contributed by atoms with E-state index in [4.69, 9.17) is 16.3 Å². The Hall–Kier alpha value is -1.59. The Labute approximate surface area is 141 Å². The Morgan fingerprint density at radius 1 is 1.43 bits per heavy atom. The van der Waals surface area contributed by atoms with Crippen molar-refractivity contribution in [3.8, 4) is 0 Å². The minimum atomic E-state index is -0.528. The minimum Gasteiger partial charge on any atom is -0.457 e. The van der Waals surface area contributed by atoms with Crippen LogP contribution in [0.5, 0.6) is 0 Å². The number of carbonyl (C=O) groups is 2. The Balaban J connectivity index is 1.94. The third kappa shape index (κ3) is 4.69. The van der Waals surface area contributed by atoms with Crippen molar-refractivity contribution in [1.29, 1.82) is 0 Å². The number of morpholine rings is 1. The molecule has 1 fully saturated rings. The summed E-state index contributed by atoms with van der Waals surface area (Å²) in [6.45, 7) is 7.39. The maximum atomic E-state index is 12.2. The second-order valence-corrected chi connectivity index (χ2v) is 6.74. The summed E-state index contributed by atoms with van der Waals surface area (Å²) in [5.41, 5.74) is 0.333. The molecular weight excluding hydrogens is 316 g/mol. The largest absolute Gasteiger partial charge is 0.457 e. The van der Waals surface area contributed by atoms with Crippen LogP contribution in [0.2, 0.25) is 5.02 Å². The molecule has 5 nitrogen and oxygen atoms in total. The molecule has 0 saturated carbocycles. The number of rotatable bonds is 5. The van der Waals surface area contributed by atoms with Crippen LogP contribution in [-0.4, -0.2) is 41.5 Å². The SMILES string of the molecule is CCN1CC(C)(C)OC(=O)C1CC(=O)NCc1ccccc1Cl. The van der Waals surface area contributed by atoms with Crippen LogP contribution >= 0.6 is 11.6 Å². The number of nitrogens with zero attached hydrogens (tertiary/aromatic N) is 1. The van der Waals surface area contributed by atoms with Gasteiger partial charge in [-0.1, -0.05) is 36.7 Å². The van der Waals surface area contributed by atoms with Crippen molar-refractivity contribution in [3.05, 3.63) is 34.9 Å². The number of likely N-dealkylation sites (N-methyl/N-ethyl adjacent to an activating group) is 1. The molecule has 1 saturated heterocycles. The van der Waals surface area contributed by atoms with Crippen LogP contribution in [0, 0.1) is 0 Å². The summed E-state index contributed by atoms with van der Waals surface area (Å²) in [4.78, 5) is 26.3. The normalized spacial score (nSPS) is 20.9. The highest BCUT2D eigenvalue weighted by Gasteiger charge is 2.40. The van der Waals surface area contributed by atoms with E-state index >= 15 is 0 Å². The number of hydrogen-bond donors (Lipinski definition) is 1. The Morgan fingerprint density at radius 2 is 2.13 bits per heavy atom. The van der Waals surface area contributed by atoms with E-state index in [1.54, 1.807) is 6.07 Å². The van der Waals surface area contributed by atoms with Crippen LogP contribution < -0.4 is 5.32 Å².